The van der Waals surface area contributed by atoms with Crippen molar-refractivity contribution < 1.29 is 14.3 Å². The normalized spacial score (nSPS) is 18.1. The minimum absolute atomic E-state index is 0. The Kier molecular flexibility index (Phi) is 8.69. The van der Waals surface area contributed by atoms with Crippen molar-refractivity contribution in [3.63, 3.8) is 0 Å². The smallest absolute Gasteiger partial charge is 0.224 e. The van der Waals surface area contributed by atoms with Crippen molar-refractivity contribution in [2.45, 2.75) is 44.8 Å². The third-order valence-corrected chi connectivity index (χ3v) is 3.73. The first-order chi connectivity index (χ1) is 10.5. The van der Waals surface area contributed by atoms with Gasteiger partial charge in [0.1, 0.15) is 12.4 Å². The van der Waals surface area contributed by atoms with Gasteiger partial charge >= 0.3 is 0 Å². The molecule has 2 rings (SSSR count). The van der Waals surface area contributed by atoms with E-state index in [4.69, 9.17) is 26.8 Å². The first kappa shape index (κ1) is 20.0. The van der Waals surface area contributed by atoms with Crippen molar-refractivity contribution in [3.8, 4) is 5.75 Å². The van der Waals surface area contributed by atoms with Gasteiger partial charge in [-0.25, -0.2) is 0 Å². The molecule has 3 N–H and O–H groups in total. The van der Waals surface area contributed by atoms with Gasteiger partial charge in [-0.15, -0.1) is 12.4 Å². The highest BCUT2D eigenvalue weighted by molar-refractivity contribution is 6.31. The fourth-order valence-corrected chi connectivity index (χ4v) is 2.43. The highest BCUT2D eigenvalue weighted by Crippen LogP contribution is 2.29. The van der Waals surface area contributed by atoms with Crippen molar-refractivity contribution in [1.82, 2.24) is 0 Å². The lowest BCUT2D eigenvalue weighted by Crippen LogP contribution is -2.20. The van der Waals surface area contributed by atoms with E-state index in [1.807, 2.05) is 6.92 Å². The van der Waals surface area contributed by atoms with E-state index < -0.39 is 0 Å². The number of amides is 1. The average molecular weight is 363 g/mol. The second kappa shape index (κ2) is 9.98. The summed E-state index contributed by atoms with van der Waals surface area (Å²) in [4.78, 5) is 12.0. The molecule has 1 amide bonds. The monoisotopic (exact) mass is 362 g/mol. The number of anilines is 1. The van der Waals surface area contributed by atoms with E-state index in [0.717, 1.165) is 19.4 Å². The molecule has 0 aliphatic carbocycles. The van der Waals surface area contributed by atoms with Gasteiger partial charge in [-0.2, -0.15) is 0 Å². The Morgan fingerprint density at radius 1 is 1.57 bits per heavy atom. The molecule has 2 atom stereocenters. The number of benzene rings is 1. The standard InChI is InChI=1S/C16H23ClN2O3.ClH/c1-11(18)4-7-16(20)19-14-9-12(17)5-6-15(14)22-10-13-3-2-8-21-13;/h5-6,9,11,13H,2-4,7-8,10,18H2,1H3,(H,19,20);1H. The van der Waals surface area contributed by atoms with Crippen LogP contribution in [0.1, 0.15) is 32.6 Å². The molecular weight excluding hydrogens is 339 g/mol. The van der Waals surface area contributed by atoms with Crippen LogP contribution in [-0.2, 0) is 9.53 Å². The van der Waals surface area contributed by atoms with Crippen LogP contribution in [-0.4, -0.2) is 31.3 Å². The van der Waals surface area contributed by atoms with Crippen LogP contribution < -0.4 is 15.8 Å². The molecule has 0 radical (unpaired) electrons. The molecule has 1 aliphatic heterocycles. The molecule has 0 aromatic heterocycles. The van der Waals surface area contributed by atoms with Crippen molar-refractivity contribution in [1.29, 1.82) is 0 Å². The maximum Gasteiger partial charge on any atom is 0.224 e. The zero-order valence-corrected chi connectivity index (χ0v) is 14.8. The lowest BCUT2D eigenvalue weighted by Gasteiger charge is -2.15. The van der Waals surface area contributed by atoms with Crippen molar-refractivity contribution in [2.75, 3.05) is 18.5 Å². The Morgan fingerprint density at radius 3 is 3.00 bits per heavy atom. The predicted octanol–water partition coefficient (Wildman–Crippen LogP) is 3.39. The van der Waals surface area contributed by atoms with E-state index >= 15 is 0 Å². The molecule has 5 nitrogen and oxygen atoms in total. The summed E-state index contributed by atoms with van der Waals surface area (Å²) in [7, 11) is 0. The number of carbonyl (C=O) groups is 1. The predicted molar refractivity (Wildman–Crippen MR) is 94.7 cm³/mol. The van der Waals surface area contributed by atoms with E-state index in [1.54, 1.807) is 18.2 Å². The third kappa shape index (κ3) is 6.96. The summed E-state index contributed by atoms with van der Waals surface area (Å²) in [6.07, 6.45) is 3.20. The van der Waals surface area contributed by atoms with E-state index in [0.29, 0.717) is 35.9 Å². The van der Waals surface area contributed by atoms with Crippen LogP contribution in [0.5, 0.6) is 5.75 Å². The minimum Gasteiger partial charge on any atom is -0.489 e. The summed E-state index contributed by atoms with van der Waals surface area (Å²) >= 11 is 6.00. The van der Waals surface area contributed by atoms with Crippen molar-refractivity contribution in [3.05, 3.63) is 23.2 Å². The zero-order valence-electron chi connectivity index (χ0n) is 13.2. The van der Waals surface area contributed by atoms with Gasteiger partial charge in [-0.1, -0.05) is 11.6 Å². The Morgan fingerprint density at radius 2 is 2.35 bits per heavy atom. The molecule has 130 valence electrons. The van der Waals surface area contributed by atoms with Crippen LogP contribution in [0.2, 0.25) is 5.02 Å². The van der Waals surface area contributed by atoms with E-state index in [1.165, 1.54) is 0 Å². The Bertz CT molecular complexity index is 506. The highest BCUT2D eigenvalue weighted by atomic mass is 35.5. The van der Waals surface area contributed by atoms with Crippen molar-refractivity contribution >= 4 is 35.6 Å². The molecule has 0 spiro atoms. The van der Waals surface area contributed by atoms with Gasteiger partial charge < -0.3 is 20.5 Å². The highest BCUT2D eigenvalue weighted by Gasteiger charge is 2.17. The van der Waals surface area contributed by atoms with Crippen molar-refractivity contribution in [2.24, 2.45) is 5.73 Å². The zero-order chi connectivity index (χ0) is 15.9. The molecule has 2 unspecified atom stereocenters. The minimum atomic E-state index is -0.0958. The number of rotatable bonds is 7. The summed E-state index contributed by atoms with van der Waals surface area (Å²) in [5.41, 5.74) is 6.25. The van der Waals surface area contributed by atoms with Gasteiger partial charge in [-0.05, 0) is 44.4 Å². The maximum atomic E-state index is 12.0. The SMILES string of the molecule is CC(N)CCC(=O)Nc1cc(Cl)ccc1OCC1CCCO1.Cl. The molecule has 1 fully saturated rings. The van der Waals surface area contributed by atoms with Gasteiger partial charge in [0.15, 0.2) is 0 Å². The molecule has 7 heteroatoms. The van der Waals surface area contributed by atoms with Gasteiger partial charge in [-0.3, -0.25) is 4.79 Å². The van der Waals surface area contributed by atoms with E-state index in [-0.39, 0.29) is 30.5 Å². The summed E-state index contributed by atoms with van der Waals surface area (Å²) < 4.78 is 11.3. The fourth-order valence-electron chi connectivity index (χ4n) is 2.26. The van der Waals surface area contributed by atoms with Crippen LogP contribution in [0.25, 0.3) is 0 Å². The fraction of sp³-hybridized carbons (Fsp3) is 0.562. The summed E-state index contributed by atoms with van der Waals surface area (Å²) in [5, 5.41) is 3.39. The number of halogens is 2. The molecule has 0 saturated carbocycles. The number of ether oxygens (including phenoxy) is 2. The molecule has 1 aromatic rings. The Balaban J connectivity index is 0.00000264. The summed E-state index contributed by atoms with van der Waals surface area (Å²) in [5.74, 6) is 0.510. The lowest BCUT2D eigenvalue weighted by molar-refractivity contribution is -0.116. The second-order valence-electron chi connectivity index (χ2n) is 5.65. The van der Waals surface area contributed by atoms with Crippen LogP contribution in [0.3, 0.4) is 0 Å². The van der Waals surface area contributed by atoms with Crippen LogP contribution in [0, 0.1) is 0 Å². The Hall–Kier alpha value is -1.01. The average Bonchev–Trinajstić information content (AvgIpc) is 2.97. The van der Waals surface area contributed by atoms with Crippen LogP contribution >= 0.6 is 24.0 Å². The lowest BCUT2D eigenvalue weighted by atomic mass is 10.2. The van der Waals surface area contributed by atoms with Gasteiger partial charge in [0.05, 0.1) is 11.8 Å². The Labute approximate surface area is 148 Å². The molecule has 1 aliphatic rings. The maximum absolute atomic E-state index is 12.0. The first-order valence-corrected chi connectivity index (χ1v) is 8.02. The molecular formula is C16H24Cl2N2O3. The quantitative estimate of drug-likeness (QED) is 0.779. The number of nitrogens with two attached hydrogens (primary N) is 1. The molecule has 1 saturated heterocycles. The van der Waals surface area contributed by atoms with Gasteiger partial charge in [0.25, 0.3) is 0 Å². The van der Waals surface area contributed by atoms with E-state index in [9.17, 15) is 4.79 Å². The molecule has 1 aromatic carbocycles. The van der Waals surface area contributed by atoms with Gasteiger partial charge in [0, 0.05) is 24.1 Å². The largest absolute Gasteiger partial charge is 0.489 e. The molecule has 23 heavy (non-hydrogen) atoms. The first-order valence-electron chi connectivity index (χ1n) is 7.64. The second-order valence-corrected chi connectivity index (χ2v) is 6.09. The van der Waals surface area contributed by atoms with E-state index in [2.05, 4.69) is 5.32 Å². The van der Waals surface area contributed by atoms with Gasteiger partial charge in [0.2, 0.25) is 5.91 Å². The number of nitrogens with one attached hydrogen (secondary N) is 1. The number of hydrogen-bond donors (Lipinski definition) is 2. The van der Waals surface area contributed by atoms with Crippen LogP contribution in [0.4, 0.5) is 5.69 Å². The summed E-state index contributed by atoms with van der Waals surface area (Å²) in [6, 6.07) is 5.19. The number of carbonyl (C=O) groups excluding carboxylic acids is 1. The third-order valence-electron chi connectivity index (χ3n) is 3.49. The molecule has 1 heterocycles. The summed E-state index contributed by atoms with van der Waals surface area (Å²) in [6.45, 7) is 3.14. The number of hydrogen-bond acceptors (Lipinski definition) is 4. The van der Waals surface area contributed by atoms with Crippen LogP contribution in [0.15, 0.2) is 18.2 Å². The molecule has 0 bridgehead atoms. The topological polar surface area (TPSA) is 73.6 Å².